The first-order valence-electron chi connectivity index (χ1n) is 12.6. The molecule has 32 heavy (non-hydrogen) atoms. The third-order valence-electron chi connectivity index (χ3n) is 5.14. The molecule has 5 heteroatoms. The number of ether oxygens (including phenoxy) is 3. The lowest BCUT2D eigenvalue weighted by Crippen LogP contribution is -2.39. The first-order chi connectivity index (χ1) is 15.4. The van der Waals surface area contributed by atoms with Gasteiger partial charge in [0, 0.05) is 13.2 Å². The number of nitrogens with one attached hydrogen (secondary N) is 1. The smallest absolute Gasteiger partial charge is 0.407 e. The fourth-order valence-electron chi connectivity index (χ4n) is 3.40. The van der Waals surface area contributed by atoms with Gasteiger partial charge in [0.05, 0.1) is 19.3 Å². The maximum Gasteiger partial charge on any atom is 0.407 e. The summed E-state index contributed by atoms with van der Waals surface area (Å²) in [6.07, 6.45) is 12.4. The van der Waals surface area contributed by atoms with Crippen LogP contribution >= 0.6 is 0 Å². The minimum Gasteiger partial charge on any atom is -0.444 e. The van der Waals surface area contributed by atoms with Crippen LogP contribution in [-0.4, -0.2) is 37.6 Å². The lowest BCUT2D eigenvalue weighted by Gasteiger charge is -2.22. The van der Waals surface area contributed by atoms with Gasteiger partial charge >= 0.3 is 6.09 Å². The van der Waals surface area contributed by atoms with Crippen LogP contribution in [0.3, 0.4) is 0 Å². The summed E-state index contributed by atoms with van der Waals surface area (Å²) in [5.41, 5.74) is 0.612. The van der Waals surface area contributed by atoms with E-state index in [1.807, 2.05) is 51.1 Å². The SMILES string of the molecule is CCCCCCCCCCCCOC(CNC(=O)OC(C)(C)C)COCc1ccccc1. The van der Waals surface area contributed by atoms with Crippen molar-refractivity contribution in [3.8, 4) is 0 Å². The Morgan fingerprint density at radius 3 is 2.09 bits per heavy atom. The number of rotatable bonds is 18. The molecule has 1 rings (SSSR count). The van der Waals surface area contributed by atoms with Gasteiger partial charge < -0.3 is 19.5 Å². The van der Waals surface area contributed by atoms with Crippen molar-refractivity contribution in [1.82, 2.24) is 5.32 Å². The Morgan fingerprint density at radius 1 is 0.906 bits per heavy atom. The zero-order valence-corrected chi connectivity index (χ0v) is 21.0. The monoisotopic (exact) mass is 449 g/mol. The Balaban J connectivity index is 2.24. The van der Waals surface area contributed by atoms with Crippen LogP contribution in [0.1, 0.15) is 97.5 Å². The second-order valence-corrected chi connectivity index (χ2v) is 9.56. The van der Waals surface area contributed by atoms with E-state index in [0.717, 1.165) is 12.0 Å². The second kappa shape index (κ2) is 17.9. The van der Waals surface area contributed by atoms with Crippen LogP contribution in [0, 0.1) is 0 Å². The molecule has 1 atom stereocenters. The van der Waals surface area contributed by atoms with E-state index in [4.69, 9.17) is 14.2 Å². The molecule has 1 unspecified atom stereocenters. The van der Waals surface area contributed by atoms with Gasteiger partial charge in [-0.15, -0.1) is 0 Å². The third kappa shape index (κ3) is 17.0. The summed E-state index contributed by atoms with van der Waals surface area (Å²) in [7, 11) is 0. The summed E-state index contributed by atoms with van der Waals surface area (Å²) < 4.78 is 17.2. The van der Waals surface area contributed by atoms with Crippen LogP contribution in [0.4, 0.5) is 4.79 Å². The van der Waals surface area contributed by atoms with E-state index in [9.17, 15) is 4.79 Å². The van der Waals surface area contributed by atoms with Crippen LogP contribution in [0.25, 0.3) is 0 Å². The lowest BCUT2D eigenvalue weighted by molar-refractivity contribution is -0.0234. The molecule has 0 radical (unpaired) electrons. The van der Waals surface area contributed by atoms with E-state index in [2.05, 4.69) is 12.2 Å². The maximum atomic E-state index is 12.0. The molecule has 0 aromatic heterocycles. The number of amides is 1. The molecule has 0 saturated heterocycles. The van der Waals surface area contributed by atoms with Crippen molar-refractivity contribution in [2.75, 3.05) is 19.8 Å². The van der Waals surface area contributed by atoms with E-state index in [-0.39, 0.29) is 6.10 Å². The number of carbonyl (C=O) groups excluding carboxylic acids is 1. The quantitative estimate of drug-likeness (QED) is 0.244. The molecule has 0 bridgehead atoms. The van der Waals surface area contributed by atoms with Crippen LogP contribution < -0.4 is 5.32 Å². The van der Waals surface area contributed by atoms with Crippen molar-refractivity contribution in [3.05, 3.63) is 35.9 Å². The molecule has 0 spiro atoms. The molecule has 0 aliphatic heterocycles. The van der Waals surface area contributed by atoms with Crippen molar-refractivity contribution in [1.29, 1.82) is 0 Å². The van der Waals surface area contributed by atoms with Crippen molar-refractivity contribution in [2.24, 2.45) is 0 Å². The molecule has 0 saturated carbocycles. The van der Waals surface area contributed by atoms with Crippen LogP contribution in [0.15, 0.2) is 30.3 Å². The third-order valence-corrected chi connectivity index (χ3v) is 5.14. The van der Waals surface area contributed by atoms with Gasteiger partial charge in [-0.25, -0.2) is 4.79 Å². The summed E-state index contributed by atoms with van der Waals surface area (Å²) in [5, 5.41) is 2.81. The predicted octanol–water partition coefficient (Wildman–Crippen LogP) is 7.03. The Labute approximate surface area is 196 Å². The fraction of sp³-hybridized carbons (Fsp3) is 0.741. The molecule has 0 fully saturated rings. The van der Waals surface area contributed by atoms with Gasteiger partial charge in [-0.05, 0) is 32.8 Å². The van der Waals surface area contributed by atoms with E-state index >= 15 is 0 Å². The largest absolute Gasteiger partial charge is 0.444 e. The topological polar surface area (TPSA) is 56.8 Å². The molecule has 0 heterocycles. The van der Waals surface area contributed by atoms with Gasteiger partial charge in [0.2, 0.25) is 0 Å². The van der Waals surface area contributed by atoms with E-state index in [1.165, 1.54) is 57.8 Å². The summed E-state index contributed by atoms with van der Waals surface area (Å²) in [6, 6.07) is 10.1. The van der Waals surface area contributed by atoms with Gasteiger partial charge in [-0.1, -0.05) is 95.0 Å². The van der Waals surface area contributed by atoms with Crippen LogP contribution in [0.2, 0.25) is 0 Å². The van der Waals surface area contributed by atoms with E-state index in [0.29, 0.717) is 26.4 Å². The van der Waals surface area contributed by atoms with Crippen molar-refractivity contribution in [2.45, 2.75) is 110 Å². The molecule has 1 amide bonds. The average molecular weight is 450 g/mol. The normalized spacial score (nSPS) is 12.5. The Kier molecular flexibility index (Phi) is 15.9. The predicted molar refractivity (Wildman–Crippen MR) is 132 cm³/mol. The molecular weight excluding hydrogens is 402 g/mol. The molecule has 1 N–H and O–H groups in total. The molecule has 1 aromatic rings. The van der Waals surface area contributed by atoms with Gasteiger partial charge in [-0.3, -0.25) is 0 Å². The first kappa shape index (κ1) is 28.4. The molecule has 0 aliphatic rings. The number of alkyl carbamates (subject to hydrolysis) is 1. The molecule has 5 nitrogen and oxygen atoms in total. The number of unbranched alkanes of at least 4 members (excludes halogenated alkanes) is 9. The maximum absolute atomic E-state index is 12.0. The van der Waals surface area contributed by atoms with Gasteiger partial charge in [0.1, 0.15) is 5.60 Å². The second-order valence-electron chi connectivity index (χ2n) is 9.56. The number of hydrogen-bond donors (Lipinski definition) is 1. The van der Waals surface area contributed by atoms with Crippen LogP contribution in [-0.2, 0) is 20.8 Å². The fourth-order valence-corrected chi connectivity index (χ4v) is 3.40. The molecular formula is C27H47NO4. The summed E-state index contributed by atoms with van der Waals surface area (Å²) >= 11 is 0. The minimum absolute atomic E-state index is 0.190. The summed E-state index contributed by atoms with van der Waals surface area (Å²) in [4.78, 5) is 12.0. The van der Waals surface area contributed by atoms with E-state index in [1.54, 1.807) is 0 Å². The standard InChI is InChI=1S/C27H47NO4/c1-5-6-7-8-9-10-11-12-13-17-20-31-25(21-28-26(29)32-27(2,3)4)23-30-22-24-18-15-14-16-19-24/h14-16,18-19,25H,5-13,17,20-23H2,1-4H3,(H,28,29). The molecule has 184 valence electrons. The Morgan fingerprint density at radius 2 is 1.50 bits per heavy atom. The zero-order chi connectivity index (χ0) is 23.5. The van der Waals surface area contributed by atoms with Crippen LogP contribution in [0.5, 0.6) is 0 Å². The average Bonchev–Trinajstić information content (AvgIpc) is 2.75. The Hall–Kier alpha value is -1.59. The van der Waals surface area contributed by atoms with Crippen molar-refractivity contribution < 1.29 is 19.0 Å². The van der Waals surface area contributed by atoms with E-state index < -0.39 is 11.7 Å². The molecule has 0 aliphatic carbocycles. The van der Waals surface area contributed by atoms with Crippen molar-refractivity contribution in [3.63, 3.8) is 0 Å². The number of benzene rings is 1. The number of hydrogen-bond acceptors (Lipinski definition) is 4. The molecule has 1 aromatic carbocycles. The van der Waals surface area contributed by atoms with Crippen molar-refractivity contribution >= 4 is 6.09 Å². The number of carbonyl (C=O) groups is 1. The minimum atomic E-state index is -0.514. The van der Waals surface area contributed by atoms with Gasteiger partial charge in [0.15, 0.2) is 0 Å². The highest BCUT2D eigenvalue weighted by atomic mass is 16.6. The highest BCUT2D eigenvalue weighted by Crippen LogP contribution is 2.11. The first-order valence-corrected chi connectivity index (χ1v) is 12.6. The highest BCUT2D eigenvalue weighted by Gasteiger charge is 2.18. The van der Waals surface area contributed by atoms with Gasteiger partial charge in [0.25, 0.3) is 0 Å². The zero-order valence-electron chi connectivity index (χ0n) is 21.0. The Bertz CT molecular complexity index is 571. The summed E-state index contributed by atoms with van der Waals surface area (Å²) in [5.74, 6) is 0. The summed E-state index contributed by atoms with van der Waals surface area (Å²) in [6.45, 7) is 9.86. The highest BCUT2D eigenvalue weighted by molar-refractivity contribution is 5.67. The lowest BCUT2D eigenvalue weighted by atomic mass is 10.1. The van der Waals surface area contributed by atoms with Gasteiger partial charge in [-0.2, -0.15) is 0 Å².